The first-order valence-electron chi connectivity index (χ1n) is 7.11. The number of rotatable bonds is 2. The Labute approximate surface area is 135 Å². The third-order valence-electron chi connectivity index (χ3n) is 3.92. The number of hydrogen-bond donors (Lipinski definition) is 1. The summed E-state index contributed by atoms with van der Waals surface area (Å²) in [6.07, 6.45) is 5.35. The molecule has 1 amide bonds. The summed E-state index contributed by atoms with van der Waals surface area (Å²) < 4.78 is 2.17. The van der Waals surface area contributed by atoms with Crippen molar-refractivity contribution in [3.05, 3.63) is 44.5 Å². The van der Waals surface area contributed by atoms with Crippen LogP contribution < -0.4 is 5.56 Å². The normalized spacial score (nSPS) is 18.5. The maximum Gasteiger partial charge on any atom is 0.262 e. The Balaban J connectivity index is 1.83. The number of piperidine rings is 1. The molecule has 0 spiro atoms. The molecule has 1 atom stereocenters. The number of pyridine rings is 1. The maximum atomic E-state index is 12.7. The number of H-pyrrole nitrogens is 1. The van der Waals surface area contributed by atoms with E-state index in [1.54, 1.807) is 23.9 Å². The molecule has 8 heteroatoms. The van der Waals surface area contributed by atoms with Gasteiger partial charge in [-0.3, -0.25) is 9.59 Å². The van der Waals surface area contributed by atoms with E-state index in [4.69, 9.17) is 0 Å². The zero-order valence-corrected chi connectivity index (χ0v) is 13.7. The van der Waals surface area contributed by atoms with Crippen LogP contribution in [-0.4, -0.2) is 43.9 Å². The molecule has 22 heavy (non-hydrogen) atoms. The molecular formula is C14H16BrN5O2. The number of halogens is 1. The SMILES string of the molecule is Cc1[nH]c(=O)c(Br)cc1C(=O)N1CCCC(n2ccnn2)C1. The molecule has 1 saturated heterocycles. The monoisotopic (exact) mass is 365 g/mol. The van der Waals surface area contributed by atoms with Crippen LogP contribution in [0.2, 0.25) is 0 Å². The highest BCUT2D eigenvalue weighted by Crippen LogP contribution is 2.22. The van der Waals surface area contributed by atoms with Crippen LogP contribution in [0.25, 0.3) is 0 Å². The fourth-order valence-corrected chi connectivity index (χ4v) is 3.09. The lowest BCUT2D eigenvalue weighted by atomic mass is 10.0. The van der Waals surface area contributed by atoms with Crippen molar-refractivity contribution >= 4 is 21.8 Å². The Morgan fingerprint density at radius 3 is 3.05 bits per heavy atom. The lowest BCUT2D eigenvalue weighted by molar-refractivity contribution is 0.0670. The van der Waals surface area contributed by atoms with Crippen LogP contribution in [0.5, 0.6) is 0 Å². The van der Waals surface area contributed by atoms with Gasteiger partial charge in [0.2, 0.25) is 0 Å². The van der Waals surface area contributed by atoms with E-state index in [-0.39, 0.29) is 17.5 Å². The molecule has 0 saturated carbocycles. The first-order valence-corrected chi connectivity index (χ1v) is 7.90. The molecule has 3 rings (SSSR count). The van der Waals surface area contributed by atoms with Gasteiger partial charge in [0.25, 0.3) is 11.5 Å². The van der Waals surface area contributed by atoms with Crippen LogP contribution >= 0.6 is 15.9 Å². The number of carbonyl (C=O) groups is 1. The summed E-state index contributed by atoms with van der Waals surface area (Å²) in [6.45, 7) is 3.04. The van der Waals surface area contributed by atoms with Crippen molar-refractivity contribution in [3.63, 3.8) is 0 Å². The summed E-state index contributed by atoms with van der Waals surface area (Å²) >= 11 is 3.18. The van der Waals surface area contributed by atoms with Gasteiger partial charge in [-0.1, -0.05) is 5.21 Å². The van der Waals surface area contributed by atoms with Crippen molar-refractivity contribution in [1.82, 2.24) is 24.9 Å². The van der Waals surface area contributed by atoms with Gasteiger partial charge in [0.05, 0.1) is 22.3 Å². The number of amides is 1. The van der Waals surface area contributed by atoms with Gasteiger partial charge in [0, 0.05) is 25.0 Å². The van der Waals surface area contributed by atoms with Crippen LogP contribution in [0.3, 0.4) is 0 Å². The topological polar surface area (TPSA) is 83.9 Å². The summed E-state index contributed by atoms with van der Waals surface area (Å²) in [4.78, 5) is 28.8. The zero-order chi connectivity index (χ0) is 15.7. The van der Waals surface area contributed by atoms with Gasteiger partial charge in [0.15, 0.2) is 0 Å². The molecule has 1 fully saturated rings. The van der Waals surface area contributed by atoms with E-state index in [1.807, 2.05) is 11.1 Å². The van der Waals surface area contributed by atoms with E-state index in [2.05, 4.69) is 31.2 Å². The molecule has 0 bridgehead atoms. The molecular weight excluding hydrogens is 350 g/mol. The lowest BCUT2D eigenvalue weighted by Crippen LogP contribution is -2.41. The average Bonchev–Trinajstić information content (AvgIpc) is 3.05. The molecule has 1 aliphatic heterocycles. The summed E-state index contributed by atoms with van der Waals surface area (Å²) in [7, 11) is 0. The second kappa shape index (κ2) is 6.04. The van der Waals surface area contributed by atoms with Crippen molar-refractivity contribution in [3.8, 4) is 0 Å². The van der Waals surface area contributed by atoms with Crippen LogP contribution in [0.4, 0.5) is 0 Å². The van der Waals surface area contributed by atoms with Gasteiger partial charge in [0.1, 0.15) is 0 Å². The maximum absolute atomic E-state index is 12.7. The van der Waals surface area contributed by atoms with Crippen molar-refractivity contribution in [2.45, 2.75) is 25.8 Å². The van der Waals surface area contributed by atoms with Gasteiger partial charge >= 0.3 is 0 Å². The summed E-state index contributed by atoms with van der Waals surface area (Å²) in [5.74, 6) is -0.0701. The van der Waals surface area contributed by atoms with Crippen LogP contribution in [0.1, 0.15) is 34.9 Å². The minimum absolute atomic E-state index is 0.0701. The van der Waals surface area contributed by atoms with Gasteiger partial charge in [-0.05, 0) is 41.8 Å². The molecule has 2 aromatic heterocycles. The number of nitrogens with zero attached hydrogens (tertiary/aromatic N) is 4. The standard InChI is InChI=1S/C14H16BrN5O2/c1-9-11(7-12(15)13(21)17-9)14(22)19-5-2-3-10(8-19)20-6-4-16-18-20/h4,6-7,10H,2-3,5,8H2,1H3,(H,17,21). The summed E-state index contributed by atoms with van der Waals surface area (Å²) in [5.41, 5.74) is 0.875. The smallest absolute Gasteiger partial charge is 0.262 e. The van der Waals surface area contributed by atoms with Crippen molar-refractivity contribution in [2.24, 2.45) is 0 Å². The molecule has 0 radical (unpaired) electrons. The van der Waals surface area contributed by atoms with Crippen molar-refractivity contribution < 1.29 is 4.79 Å². The molecule has 0 aliphatic carbocycles. The highest BCUT2D eigenvalue weighted by atomic mass is 79.9. The number of aromatic nitrogens is 4. The molecule has 116 valence electrons. The molecule has 1 N–H and O–H groups in total. The van der Waals surface area contributed by atoms with E-state index in [0.717, 1.165) is 12.8 Å². The Kier molecular flexibility index (Phi) is 4.10. The van der Waals surface area contributed by atoms with E-state index in [1.165, 1.54) is 0 Å². The number of carbonyl (C=O) groups excluding carboxylic acids is 1. The fourth-order valence-electron chi connectivity index (χ4n) is 2.76. The van der Waals surface area contributed by atoms with Crippen LogP contribution in [-0.2, 0) is 0 Å². The molecule has 0 aromatic carbocycles. The molecule has 3 heterocycles. The van der Waals surface area contributed by atoms with E-state index in [0.29, 0.717) is 28.8 Å². The van der Waals surface area contributed by atoms with Crippen LogP contribution in [0.15, 0.2) is 27.7 Å². The Morgan fingerprint density at radius 1 is 1.50 bits per heavy atom. The van der Waals surface area contributed by atoms with E-state index < -0.39 is 0 Å². The van der Waals surface area contributed by atoms with Crippen molar-refractivity contribution in [1.29, 1.82) is 0 Å². The Bertz CT molecular complexity index is 740. The van der Waals surface area contributed by atoms with Crippen molar-refractivity contribution in [2.75, 3.05) is 13.1 Å². The number of hydrogen-bond acceptors (Lipinski definition) is 4. The largest absolute Gasteiger partial charge is 0.336 e. The minimum atomic E-state index is -0.229. The van der Waals surface area contributed by atoms with Gasteiger partial charge in [-0.2, -0.15) is 0 Å². The number of nitrogens with one attached hydrogen (secondary N) is 1. The predicted octanol–water partition coefficient (Wildman–Crippen LogP) is 1.51. The second-order valence-corrected chi connectivity index (χ2v) is 6.27. The quantitative estimate of drug-likeness (QED) is 0.874. The average molecular weight is 366 g/mol. The predicted molar refractivity (Wildman–Crippen MR) is 83.7 cm³/mol. The number of aromatic amines is 1. The highest BCUT2D eigenvalue weighted by molar-refractivity contribution is 9.10. The third kappa shape index (κ3) is 2.83. The second-order valence-electron chi connectivity index (χ2n) is 5.42. The molecule has 1 unspecified atom stereocenters. The van der Waals surface area contributed by atoms with Gasteiger partial charge in [-0.15, -0.1) is 5.10 Å². The Morgan fingerprint density at radius 2 is 2.32 bits per heavy atom. The number of likely N-dealkylation sites (tertiary alicyclic amines) is 1. The van der Waals surface area contributed by atoms with E-state index >= 15 is 0 Å². The molecule has 7 nitrogen and oxygen atoms in total. The van der Waals surface area contributed by atoms with Gasteiger partial charge in [-0.25, -0.2) is 4.68 Å². The third-order valence-corrected chi connectivity index (χ3v) is 4.51. The molecule has 1 aliphatic rings. The first kappa shape index (κ1) is 15.0. The minimum Gasteiger partial charge on any atom is -0.336 e. The Hall–Kier alpha value is -1.96. The first-order chi connectivity index (χ1) is 10.6. The zero-order valence-electron chi connectivity index (χ0n) is 12.1. The lowest BCUT2D eigenvalue weighted by Gasteiger charge is -2.32. The van der Waals surface area contributed by atoms with Crippen LogP contribution in [0, 0.1) is 6.92 Å². The van der Waals surface area contributed by atoms with E-state index in [9.17, 15) is 9.59 Å². The van der Waals surface area contributed by atoms with Gasteiger partial charge < -0.3 is 9.88 Å². The highest BCUT2D eigenvalue weighted by Gasteiger charge is 2.27. The summed E-state index contributed by atoms with van der Waals surface area (Å²) in [5, 5.41) is 7.85. The fraction of sp³-hybridized carbons (Fsp3) is 0.429. The summed E-state index contributed by atoms with van der Waals surface area (Å²) in [6, 6.07) is 1.74. The molecule has 2 aromatic rings. The number of aryl methyl sites for hydroxylation is 1.